The van der Waals surface area contributed by atoms with Crippen molar-refractivity contribution in [2.24, 2.45) is 5.92 Å². The number of hydrogen-bond acceptors (Lipinski definition) is 2. The van der Waals surface area contributed by atoms with Crippen molar-refractivity contribution in [1.82, 2.24) is 10.2 Å². The first-order chi connectivity index (χ1) is 9.70. The first-order valence-corrected chi connectivity index (χ1v) is 8.31. The van der Waals surface area contributed by atoms with Gasteiger partial charge in [-0.2, -0.15) is 0 Å². The number of nitrogens with one attached hydrogen (secondary N) is 1. The Labute approximate surface area is 131 Å². The van der Waals surface area contributed by atoms with Crippen molar-refractivity contribution in [3.63, 3.8) is 0 Å². The van der Waals surface area contributed by atoms with E-state index in [1.807, 2.05) is 13.1 Å². The molecule has 1 heterocycles. The Hall–Kier alpha value is -0.280. The van der Waals surface area contributed by atoms with Gasteiger partial charge in [0.2, 0.25) is 0 Å². The van der Waals surface area contributed by atoms with Crippen LogP contribution in [0.25, 0.3) is 0 Å². The summed E-state index contributed by atoms with van der Waals surface area (Å²) in [7, 11) is 2.04. The molecule has 20 heavy (non-hydrogen) atoms. The van der Waals surface area contributed by atoms with Gasteiger partial charge < -0.3 is 5.32 Å². The van der Waals surface area contributed by atoms with Crippen molar-refractivity contribution < 1.29 is 0 Å². The number of benzene rings is 1. The summed E-state index contributed by atoms with van der Waals surface area (Å²) in [4.78, 5) is 2.70. The molecule has 1 aliphatic carbocycles. The van der Waals surface area contributed by atoms with Crippen LogP contribution in [-0.2, 0) is 0 Å². The molecule has 2 atom stereocenters. The molecule has 2 aliphatic rings. The molecule has 4 heteroatoms. The van der Waals surface area contributed by atoms with Gasteiger partial charge in [-0.1, -0.05) is 29.3 Å². The van der Waals surface area contributed by atoms with Gasteiger partial charge in [0, 0.05) is 12.1 Å². The maximum absolute atomic E-state index is 6.23. The maximum Gasteiger partial charge on any atom is 0.0595 e. The molecule has 0 amide bonds. The van der Waals surface area contributed by atoms with E-state index in [1.54, 1.807) is 0 Å². The molecule has 3 rings (SSSR count). The minimum Gasteiger partial charge on any atom is -0.319 e. The van der Waals surface area contributed by atoms with Crippen LogP contribution in [0.1, 0.15) is 37.3 Å². The van der Waals surface area contributed by atoms with Crippen LogP contribution in [0.3, 0.4) is 0 Å². The summed E-state index contributed by atoms with van der Waals surface area (Å²) >= 11 is 12.3. The zero-order valence-corrected chi connectivity index (χ0v) is 13.4. The normalized spacial score (nSPS) is 27.8. The molecule has 1 aromatic carbocycles. The van der Waals surface area contributed by atoms with E-state index in [4.69, 9.17) is 23.2 Å². The van der Waals surface area contributed by atoms with E-state index >= 15 is 0 Å². The van der Waals surface area contributed by atoms with Gasteiger partial charge in [0.25, 0.3) is 0 Å². The molecule has 2 nitrogen and oxygen atoms in total. The topological polar surface area (TPSA) is 15.3 Å². The molecule has 0 aromatic heterocycles. The van der Waals surface area contributed by atoms with Crippen LogP contribution < -0.4 is 5.32 Å². The largest absolute Gasteiger partial charge is 0.319 e. The number of piperidine rings is 1. The molecule has 1 N–H and O–H groups in total. The van der Waals surface area contributed by atoms with E-state index in [1.165, 1.54) is 37.8 Å². The van der Waals surface area contributed by atoms with Crippen molar-refractivity contribution >= 4 is 23.2 Å². The third-order valence-electron chi connectivity index (χ3n) is 4.56. The molecule has 2 unspecified atom stereocenters. The van der Waals surface area contributed by atoms with Crippen LogP contribution >= 0.6 is 23.2 Å². The smallest absolute Gasteiger partial charge is 0.0595 e. The van der Waals surface area contributed by atoms with Crippen LogP contribution in [0.15, 0.2) is 18.2 Å². The molecule has 2 fully saturated rings. The minimum absolute atomic E-state index is 0.485. The summed E-state index contributed by atoms with van der Waals surface area (Å²) in [6, 6.07) is 7.43. The Morgan fingerprint density at radius 3 is 2.65 bits per heavy atom. The molecule has 1 saturated heterocycles. The first-order valence-electron chi connectivity index (χ1n) is 7.56. The van der Waals surface area contributed by atoms with Gasteiger partial charge in [-0.05, 0) is 69.4 Å². The number of hydrogen-bond donors (Lipinski definition) is 1. The van der Waals surface area contributed by atoms with Gasteiger partial charge in [-0.15, -0.1) is 0 Å². The standard InChI is InChI=1S/C16H22Cl2N2/c1-19-10-12-3-2-8-20(13-5-6-13)16(12)11-4-7-14(17)15(18)9-11/h4,7,9,12-13,16,19H,2-3,5-6,8,10H2,1H3. The second kappa shape index (κ2) is 6.23. The van der Waals surface area contributed by atoms with E-state index in [0.29, 0.717) is 22.0 Å². The fourth-order valence-corrected chi connectivity index (χ4v) is 3.86. The van der Waals surface area contributed by atoms with Crippen LogP contribution in [0.4, 0.5) is 0 Å². The Balaban J connectivity index is 1.91. The van der Waals surface area contributed by atoms with E-state index in [9.17, 15) is 0 Å². The number of halogens is 2. The third-order valence-corrected chi connectivity index (χ3v) is 5.30. The van der Waals surface area contributed by atoms with Crippen molar-refractivity contribution in [3.8, 4) is 0 Å². The fraction of sp³-hybridized carbons (Fsp3) is 0.625. The van der Waals surface area contributed by atoms with Crippen molar-refractivity contribution in [2.45, 2.75) is 37.8 Å². The van der Waals surface area contributed by atoms with Crippen molar-refractivity contribution in [2.75, 3.05) is 20.1 Å². The zero-order valence-electron chi connectivity index (χ0n) is 11.9. The highest BCUT2D eigenvalue weighted by atomic mass is 35.5. The molecule has 0 spiro atoms. The van der Waals surface area contributed by atoms with E-state index in [0.717, 1.165) is 12.6 Å². The predicted molar refractivity (Wildman–Crippen MR) is 85.6 cm³/mol. The second-order valence-electron chi connectivity index (χ2n) is 6.05. The highest BCUT2D eigenvalue weighted by Gasteiger charge is 2.40. The average molecular weight is 313 g/mol. The highest BCUT2D eigenvalue weighted by Crippen LogP contribution is 2.43. The quantitative estimate of drug-likeness (QED) is 0.899. The van der Waals surface area contributed by atoms with Crippen molar-refractivity contribution in [3.05, 3.63) is 33.8 Å². The Morgan fingerprint density at radius 1 is 1.20 bits per heavy atom. The van der Waals surface area contributed by atoms with Crippen molar-refractivity contribution in [1.29, 1.82) is 0 Å². The molecule has 1 saturated carbocycles. The predicted octanol–water partition coefficient (Wildman–Crippen LogP) is 4.13. The van der Waals surface area contributed by atoms with E-state index < -0.39 is 0 Å². The summed E-state index contributed by atoms with van der Waals surface area (Å²) in [5.41, 5.74) is 1.33. The van der Waals surface area contributed by atoms with Gasteiger partial charge in [0.1, 0.15) is 0 Å². The SMILES string of the molecule is CNCC1CCCN(C2CC2)C1c1ccc(Cl)c(Cl)c1. The molecule has 1 aromatic rings. The molecular weight excluding hydrogens is 291 g/mol. The summed E-state index contributed by atoms with van der Waals surface area (Å²) < 4.78 is 0. The first kappa shape index (κ1) is 14.6. The minimum atomic E-state index is 0.485. The average Bonchev–Trinajstić information content (AvgIpc) is 3.27. The van der Waals surface area contributed by atoms with Crippen LogP contribution in [0.2, 0.25) is 10.0 Å². The van der Waals surface area contributed by atoms with Crippen LogP contribution in [0, 0.1) is 5.92 Å². The lowest BCUT2D eigenvalue weighted by molar-refractivity contribution is 0.0845. The maximum atomic E-state index is 6.23. The lowest BCUT2D eigenvalue weighted by atomic mass is 9.84. The van der Waals surface area contributed by atoms with Crippen LogP contribution in [0.5, 0.6) is 0 Å². The molecule has 0 bridgehead atoms. The Kier molecular flexibility index (Phi) is 4.56. The zero-order chi connectivity index (χ0) is 14.1. The summed E-state index contributed by atoms with van der Waals surface area (Å²) in [5, 5.41) is 4.68. The lowest BCUT2D eigenvalue weighted by Gasteiger charge is -2.42. The van der Waals surface area contributed by atoms with E-state index in [-0.39, 0.29) is 0 Å². The Bertz CT molecular complexity index is 472. The summed E-state index contributed by atoms with van der Waals surface area (Å²) in [6.07, 6.45) is 5.30. The molecule has 110 valence electrons. The number of nitrogens with zero attached hydrogens (tertiary/aromatic N) is 1. The van der Waals surface area contributed by atoms with Gasteiger partial charge in [-0.25, -0.2) is 0 Å². The monoisotopic (exact) mass is 312 g/mol. The van der Waals surface area contributed by atoms with Crippen LogP contribution in [-0.4, -0.2) is 31.1 Å². The third kappa shape index (κ3) is 2.99. The van der Waals surface area contributed by atoms with E-state index in [2.05, 4.69) is 22.3 Å². The summed E-state index contributed by atoms with van der Waals surface area (Å²) in [5.74, 6) is 0.659. The second-order valence-corrected chi connectivity index (χ2v) is 6.86. The molecular formula is C16H22Cl2N2. The van der Waals surface area contributed by atoms with Gasteiger partial charge >= 0.3 is 0 Å². The fourth-order valence-electron chi connectivity index (χ4n) is 3.56. The highest BCUT2D eigenvalue weighted by molar-refractivity contribution is 6.42. The van der Waals surface area contributed by atoms with Gasteiger partial charge in [-0.3, -0.25) is 4.90 Å². The number of likely N-dealkylation sites (tertiary alicyclic amines) is 1. The van der Waals surface area contributed by atoms with Gasteiger partial charge in [0.05, 0.1) is 10.0 Å². The lowest BCUT2D eigenvalue weighted by Crippen LogP contribution is -2.43. The Morgan fingerprint density at radius 2 is 2.00 bits per heavy atom. The number of rotatable bonds is 4. The summed E-state index contributed by atoms with van der Waals surface area (Å²) in [6.45, 7) is 2.28. The molecule has 1 aliphatic heterocycles. The van der Waals surface area contributed by atoms with Gasteiger partial charge in [0.15, 0.2) is 0 Å². The molecule has 0 radical (unpaired) electrons.